The lowest BCUT2D eigenvalue weighted by Crippen LogP contribution is -2.13. The highest BCUT2D eigenvalue weighted by atomic mass is 32.2. The summed E-state index contributed by atoms with van der Waals surface area (Å²) in [5.41, 5.74) is 0.403. The van der Waals surface area contributed by atoms with Crippen molar-refractivity contribution in [3.8, 4) is 0 Å². The highest BCUT2D eigenvalue weighted by Gasteiger charge is 2.01. The van der Waals surface area contributed by atoms with Crippen LogP contribution in [0.4, 0.5) is 0 Å². The van der Waals surface area contributed by atoms with Crippen LogP contribution in [0.3, 0.4) is 0 Å². The van der Waals surface area contributed by atoms with E-state index in [0.29, 0.717) is 5.65 Å². The first kappa shape index (κ1) is 6.33. The summed E-state index contributed by atoms with van der Waals surface area (Å²) in [5, 5.41) is 16.2. The molecule has 0 aliphatic rings. The van der Waals surface area contributed by atoms with E-state index in [1.165, 1.54) is 11.8 Å². The minimum absolute atomic E-state index is 0.403. The number of hydrogen-bond acceptors (Lipinski definition) is 3. The van der Waals surface area contributed by atoms with E-state index in [2.05, 4.69) is 0 Å². The zero-order valence-corrected chi connectivity index (χ0v) is 4.40. The average molecular weight is 106 g/mol. The van der Waals surface area contributed by atoms with E-state index in [1.54, 1.807) is 0 Å². The van der Waals surface area contributed by atoms with Crippen molar-refractivity contribution < 1.29 is 10.0 Å². The molecule has 0 saturated carbocycles. The van der Waals surface area contributed by atoms with Crippen LogP contribution in [0.15, 0.2) is 0 Å². The molecule has 0 aromatic heterocycles. The molecule has 0 aliphatic heterocycles. The maximum Gasteiger partial charge on any atom is 0.461 e. The second-order valence-electron chi connectivity index (χ2n) is 0.936. The van der Waals surface area contributed by atoms with Crippen LogP contribution in [0.1, 0.15) is 0 Å². The Kier molecular flexibility index (Phi) is 3.72. The normalized spacial score (nSPS) is 8.50. The van der Waals surface area contributed by atoms with Crippen molar-refractivity contribution in [2.45, 2.75) is 0 Å². The van der Waals surface area contributed by atoms with Crippen LogP contribution in [0.5, 0.6) is 0 Å². The largest absolute Gasteiger partial charge is 0.461 e. The van der Waals surface area contributed by atoms with Gasteiger partial charge in [0.25, 0.3) is 0 Å². The molecule has 0 saturated heterocycles. The Bertz CT molecular complexity index is 32.7. The minimum Gasteiger partial charge on any atom is -0.427 e. The van der Waals surface area contributed by atoms with Crippen LogP contribution in [0.25, 0.3) is 0 Å². The Labute approximate surface area is 41.7 Å². The van der Waals surface area contributed by atoms with E-state index >= 15 is 0 Å². The molecule has 0 bridgehead atoms. The summed E-state index contributed by atoms with van der Waals surface area (Å²) in [6.45, 7) is 0. The Balaban J connectivity index is 2.63. The minimum atomic E-state index is -1.14. The van der Waals surface area contributed by atoms with Crippen molar-refractivity contribution in [2.24, 2.45) is 0 Å². The lowest BCUT2D eigenvalue weighted by atomic mass is 9.98. The predicted octanol–water partition coefficient (Wildman–Crippen LogP) is -0.639. The molecule has 0 radical (unpaired) electrons. The van der Waals surface area contributed by atoms with Gasteiger partial charge in [-0.25, -0.2) is 0 Å². The summed E-state index contributed by atoms with van der Waals surface area (Å²) in [6, 6.07) is 0. The van der Waals surface area contributed by atoms with E-state index in [0.717, 1.165) is 0 Å². The third kappa shape index (κ3) is 4.33. The molecule has 0 aromatic carbocycles. The fourth-order valence-corrected chi connectivity index (χ4v) is 0.447. The molecular weight excluding hydrogens is 98.9 g/mol. The number of rotatable bonds is 2. The molecule has 0 unspecified atom stereocenters. The van der Waals surface area contributed by atoms with Crippen LogP contribution in [-0.2, 0) is 0 Å². The summed E-state index contributed by atoms with van der Waals surface area (Å²) in [6.07, 6.45) is 1.82. The molecule has 6 heavy (non-hydrogen) atoms. The predicted molar refractivity (Wildman–Crippen MR) is 28.6 cm³/mol. The summed E-state index contributed by atoms with van der Waals surface area (Å²) in [5.74, 6) is 0. The zero-order chi connectivity index (χ0) is 4.99. The van der Waals surface area contributed by atoms with Crippen LogP contribution in [-0.4, -0.2) is 29.1 Å². The smallest absolute Gasteiger partial charge is 0.427 e. The van der Waals surface area contributed by atoms with Gasteiger partial charge in [-0.1, -0.05) is 0 Å². The molecule has 0 aromatic rings. The van der Waals surface area contributed by atoms with Crippen molar-refractivity contribution in [1.29, 1.82) is 0 Å². The first-order valence-electron chi connectivity index (χ1n) is 1.62. The monoisotopic (exact) mass is 106 g/mol. The molecule has 2 nitrogen and oxygen atoms in total. The molecule has 0 amide bonds. The number of hydrogen-bond donors (Lipinski definition) is 2. The van der Waals surface area contributed by atoms with Gasteiger partial charge in [0.2, 0.25) is 0 Å². The first-order chi connectivity index (χ1) is 2.77. The van der Waals surface area contributed by atoms with Gasteiger partial charge in [-0.3, -0.25) is 0 Å². The van der Waals surface area contributed by atoms with E-state index in [4.69, 9.17) is 10.0 Å². The van der Waals surface area contributed by atoms with E-state index < -0.39 is 7.12 Å². The topological polar surface area (TPSA) is 40.5 Å². The van der Waals surface area contributed by atoms with Crippen LogP contribution < -0.4 is 0 Å². The summed E-state index contributed by atoms with van der Waals surface area (Å²) >= 11 is 1.41. The fraction of sp³-hybridized carbons (Fsp3) is 1.00. The SMILES string of the molecule is CSCB(O)O. The third-order valence-electron chi connectivity index (χ3n) is 0.316. The second kappa shape index (κ2) is 3.52. The lowest BCUT2D eigenvalue weighted by Gasteiger charge is -1.87. The van der Waals surface area contributed by atoms with Gasteiger partial charge in [0, 0.05) is 5.65 Å². The van der Waals surface area contributed by atoms with Gasteiger partial charge in [-0.2, -0.15) is 11.8 Å². The second-order valence-corrected chi connectivity index (χ2v) is 1.85. The number of thioether (sulfide) groups is 1. The first-order valence-corrected chi connectivity index (χ1v) is 3.02. The van der Waals surface area contributed by atoms with Crippen molar-refractivity contribution in [3.63, 3.8) is 0 Å². The Morgan fingerprint density at radius 2 is 2.17 bits per heavy atom. The highest BCUT2D eigenvalue weighted by molar-refractivity contribution is 7.99. The molecule has 0 aliphatic carbocycles. The Morgan fingerprint density at radius 3 is 2.17 bits per heavy atom. The molecule has 36 valence electrons. The molecule has 0 spiro atoms. The van der Waals surface area contributed by atoms with Crippen molar-refractivity contribution >= 4 is 18.9 Å². The maximum absolute atomic E-state index is 8.09. The van der Waals surface area contributed by atoms with Gasteiger partial charge in [0.15, 0.2) is 0 Å². The average Bonchev–Trinajstić information content (AvgIpc) is 1.35. The lowest BCUT2D eigenvalue weighted by molar-refractivity contribution is 0.415. The van der Waals surface area contributed by atoms with Gasteiger partial charge in [0.1, 0.15) is 0 Å². The third-order valence-corrected chi connectivity index (χ3v) is 0.947. The highest BCUT2D eigenvalue weighted by Crippen LogP contribution is 1.88. The van der Waals surface area contributed by atoms with E-state index in [1.807, 2.05) is 6.26 Å². The van der Waals surface area contributed by atoms with Gasteiger partial charge >= 0.3 is 7.12 Å². The van der Waals surface area contributed by atoms with E-state index in [-0.39, 0.29) is 0 Å². The van der Waals surface area contributed by atoms with Crippen molar-refractivity contribution in [3.05, 3.63) is 0 Å². The summed E-state index contributed by atoms with van der Waals surface area (Å²) < 4.78 is 0. The van der Waals surface area contributed by atoms with Crippen molar-refractivity contribution in [2.75, 3.05) is 11.9 Å². The maximum atomic E-state index is 8.09. The molecule has 0 fully saturated rings. The molecule has 4 heteroatoms. The fourth-order valence-electron chi connectivity index (χ4n) is 0.149. The van der Waals surface area contributed by atoms with Gasteiger partial charge in [0.05, 0.1) is 0 Å². The Morgan fingerprint density at radius 1 is 1.67 bits per heavy atom. The van der Waals surface area contributed by atoms with Crippen molar-refractivity contribution in [1.82, 2.24) is 0 Å². The zero-order valence-electron chi connectivity index (χ0n) is 3.59. The van der Waals surface area contributed by atoms with Gasteiger partial charge in [-0.05, 0) is 6.26 Å². The molecule has 0 rings (SSSR count). The molecule has 0 heterocycles. The molecular formula is C2H7BO2S. The van der Waals surface area contributed by atoms with E-state index in [9.17, 15) is 0 Å². The van der Waals surface area contributed by atoms with Gasteiger partial charge in [-0.15, -0.1) is 0 Å². The van der Waals surface area contributed by atoms with Gasteiger partial charge < -0.3 is 10.0 Å². The standard InChI is InChI=1S/C2H7BO2S/c1-6-2-3(4)5/h4-5H,2H2,1H3. The van der Waals surface area contributed by atoms with Crippen LogP contribution in [0.2, 0.25) is 0 Å². The van der Waals surface area contributed by atoms with Crippen LogP contribution in [0, 0.1) is 0 Å². The Hall–Kier alpha value is 0.335. The molecule has 0 atom stereocenters. The molecule has 2 N–H and O–H groups in total. The summed E-state index contributed by atoms with van der Waals surface area (Å²) in [7, 11) is -1.14. The summed E-state index contributed by atoms with van der Waals surface area (Å²) in [4.78, 5) is 0. The van der Waals surface area contributed by atoms with Crippen LogP contribution >= 0.6 is 11.8 Å². The quantitative estimate of drug-likeness (QED) is 0.460.